The second kappa shape index (κ2) is 9.24. The molecule has 0 saturated carbocycles. The van der Waals surface area contributed by atoms with Gasteiger partial charge in [-0.2, -0.15) is 0 Å². The number of carbonyl (C=O) groups excluding carboxylic acids is 1. The van der Waals surface area contributed by atoms with Crippen molar-refractivity contribution < 1.29 is 9.21 Å². The minimum absolute atomic E-state index is 0.244. The third-order valence-corrected chi connectivity index (χ3v) is 5.17. The maximum Gasteiger partial charge on any atom is 0.273 e. The Morgan fingerprint density at radius 1 is 1.24 bits per heavy atom. The summed E-state index contributed by atoms with van der Waals surface area (Å²) in [7, 11) is 0. The Morgan fingerprint density at radius 2 is 1.97 bits per heavy atom. The lowest BCUT2D eigenvalue weighted by Crippen LogP contribution is -2.42. The Labute approximate surface area is 171 Å². The van der Waals surface area contributed by atoms with Crippen LogP contribution in [0, 0.1) is 0 Å². The first-order valence-electron chi connectivity index (χ1n) is 10.2. The Hall–Kier alpha value is -2.64. The molecule has 1 aromatic carbocycles. The molecule has 0 fully saturated rings. The number of benzene rings is 1. The van der Waals surface area contributed by atoms with Crippen molar-refractivity contribution in [2.45, 2.75) is 52.2 Å². The summed E-state index contributed by atoms with van der Waals surface area (Å²) in [5.41, 5.74) is 8.71. The van der Waals surface area contributed by atoms with Crippen LogP contribution >= 0.6 is 0 Å². The van der Waals surface area contributed by atoms with Crippen LogP contribution in [0.5, 0.6) is 0 Å². The number of fused-ring (bicyclic) bond motifs is 1. The molecule has 0 spiro atoms. The summed E-state index contributed by atoms with van der Waals surface area (Å²) in [5.74, 6) is 0.123. The summed E-state index contributed by atoms with van der Waals surface area (Å²) in [6.45, 7) is 9.95. The number of aromatic amines is 1. The van der Waals surface area contributed by atoms with E-state index >= 15 is 0 Å². The monoisotopic (exact) mass is 397 g/mol. The molecule has 0 aliphatic heterocycles. The van der Waals surface area contributed by atoms with Gasteiger partial charge in [0.15, 0.2) is 5.69 Å². The largest absolute Gasteiger partial charge is 0.446 e. The van der Waals surface area contributed by atoms with Gasteiger partial charge in [0.05, 0.1) is 6.04 Å². The zero-order chi connectivity index (χ0) is 21.0. The Morgan fingerprint density at radius 3 is 2.69 bits per heavy atom. The summed E-state index contributed by atoms with van der Waals surface area (Å²) in [4.78, 5) is 22.3. The molecule has 7 nitrogen and oxygen atoms in total. The highest BCUT2D eigenvalue weighted by molar-refractivity contribution is 5.91. The molecule has 1 atom stereocenters. The highest BCUT2D eigenvalue weighted by Gasteiger charge is 2.19. The first kappa shape index (κ1) is 21.1. The van der Waals surface area contributed by atoms with Crippen molar-refractivity contribution in [2.24, 2.45) is 5.73 Å². The summed E-state index contributed by atoms with van der Waals surface area (Å²) < 4.78 is 5.49. The van der Waals surface area contributed by atoms with Crippen molar-refractivity contribution in [3.8, 4) is 0 Å². The number of H-pyrrole nitrogens is 1. The van der Waals surface area contributed by atoms with Crippen LogP contribution in [0.25, 0.3) is 10.9 Å². The van der Waals surface area contributed by atoms with Crippen LogP contribution in [0.15, 0.2) is 41.1 Å². The van der Waals surface area contributed by atoms with E-state index in [0.717, 1.165) is 23.0 Å². The summed E-state index contributed by atoms with van der Waals surface area (Å²) in [6.07, 6.45) is 3.90. The second-order valence-electron chi connectivity index (χ2n) is 7.92. The van der Waals surface area contributed by atoms with Crippen molar-refractivity contribution in [2.75, 3.05) is 13.1 Å². The van der Waals surface area contributed by atoms with Gasteiger partial charge in [-0.05, 0) is 45.7 Å². The highest BCUT2D eigenvalue weighted by atomic mass is 16.3. The van der Waals surface area contributed by atoms with Gasteiger partial charge in [-0.3, -0.25) is 9.69 Å². The van der Waals surface area contributed by atoms with Gasteiger partial charge in [0.25, 0.3) is 5.91 Å². The highest BCUT2D eigenvalue weighted by Crippen LogP contribution is 2.23. The van der Waals surface area contributed by atoms with Gasteiger partial charge >= 0.3 is 0 Å². The van der Waals surface area contributed by atoms with Crippen LogP contribution in [0.1, 0.15) is 55.7 Å². The number of nitrogens with one attached hydrogen (secondary N) is 2. The third kappa shape index (κ3) is 5.05. The van der Waals surface area contributed by atoms with E-state index in [1.54, 1.807) is 0 Å². The maximum atomic E-state index is 12.4. The van der Waals surface area contributed by atoms with Gasteiger partial charge in [0.1, 0.15) is 6.26 Å². The predicted molar refractivity (Wildman–Crippen MR) is 115 cm³/mol. The van der Waals surface area contributed by atoms with Crippen LogP contribution in [0.3, 0.4) is 0 Å². The van der Waals surface area contributed by atoms with E-state index in [1.807, 2.05) is 24.4 Å². The standard InChI is InChI=1S/C22H31N5O2/c1-14(2)27(15(3)4)10-9-24-21(28)20-13-29-22(26-20)18(23)11-16-12-25-19-8-6-5-7-17(16)19/h5-8,12-15,18,25H,9-11,23H2,1-4H3,(H,24,28). The molecule has 7 heteroatoms. The first-order chi connectivity index (χ1) is 13.9. The van der Waals surface area contributed by atoms with Crippen molar-refractivity contribution in [1.29, 1.82) is 0 Å². The molecule has 0 saturated heterocycles. The molecule has 2 heterocycles. The zero-order valence-electron chi connectivity index (χ0n) is 17.6. The summed E-state index contributed by atoms with van der Waals surface area (Å²) in [6, 6.07) is 8.49. The van der Waals surface area contributed by atoms with Crippen LogP contribution in [0.2, 0.25) is 0 Å². The van der Waals surface area contributed by atoms with Crippen molar-refractivity contribution in [3.63, 3.8) is 0 Å². The van der Waals surface area contributed by atoms with E-state index in [9.17, 15) is 4.79 Å². The Kier molecular flexibility index (Phi) is 6.71. The quantitative estimate of drug-likeness (QED) is 0.515. The van der Waals surface area contributed by atoms with Gasteiger partial charge in [-0.15, -0.1) is 0 Å². The number of oxazole rings is 1. The number of hydrogen-bond acceptors (Lipinski definition) is 5. The second-order valence-corrected chi connectivity index (χ2v) is 7.92. The molecule has 0 bridgehead atoms. The topological polar surface area (TPSA) is 100 Å². The van der Waals surface area contributed by atoms with Gasteiger partial charge in [-0.1, -0.05) is 18.2 Å². The van der Waals surface area contributed by atoms with Crippen LogP contribution in [-0.4, -0.2) is 45.9 Å². The first-order valence-corrected chi connectivity index (χ1v) is 10.2. The lowest BCUT2D eigenvalue weighted by atomic mass is 10.1. The number of rotatable bonds is 9. The predicted octanol–water partition coefficient (Wildman–Crippen LogP) is 3.25. The maximum absolute atomic E-state index is 12.4. The normalized spacial score (nSPS) is 13.0. The summed E-state index contributed by atoms with van der Waals surface area (Å²) >= 11 is 0. The molecule has 1 amide bonds. The number of amides is 1. The fourth-order valence-corrected chi connectivity index (χ4v) is 3.69. The van der Waals surface area contributed by atoms with E-state index in [0.29, 0.717) is 30.9 Å². The smallest absolute Gasteiger partial charge is 0.273 e. The average molecular weight is 398 g/mol. The molecule has 0 aliphatic carbocycles. The van der Waals surface area contributed by atoms with Gasteiger partial charge in [-0.25, -0.2) is 4.98 Å². The van der Waals surface area contributed by atoms with E-state index in [4.69, 9.17) is 10.2 Å². The number of nitrogens with zero attached hydrogens (tertiary/aromatic N) is 2. The molecule has 2 aromatic heterocycles. The SMILES string of the molecule is CC(C)N(CCNC(=O)c1coc(C(N)Cc2c[nH]c3ccccc23)n1)C(C)C. The van der Waals surface area contributed by atoms with E-state index in [-0.39, 0.29) is 11.6 Å². The number of nitrogens with two attached hydrogens (primary N) is 1. The molecular formula is C22H31N5O2. The fourth-order valence-electron chi connectivity index (χ4n) is 3.69. The van der Waals surface area contributed by atoms with Crippen LogP contribution < -0.4 is 11.1 Å². The van der Waals surface area contributed by atoms with E-state index in [1.165, 1.54) is 6.26 Å². The van der Waals surface area contributed by atoms with Crippen molar-refractivity contribution in [3.05, 3.63) is 53.9 Å². The minimum Gasteiger partial charge on any atom is -0.446 e. The number of para-hydroxylation sites is 1. The van der Waals surface area contributed by atoms with Gasteiger partial charge in [0.2, 0.25) is 5.89 Å². The zero-order valence-corrected chi connectivity index (χ0v) is 17.6. The van der Waals surface area contributed by atoms with Crippen LogP contribution in [0.4, 0.5) is 0 Å². The van der Waals surface area contributed by atoms with Crippen molar-refractivity contribution >= 4 is 16.8 Å². The average Bonchev–Trinajstić information content (AvgIpc) is 3.32. The fraction of sp³-hybridized carbons (Fsp3) is 0.455. The number of aromatic nitrogens is 2. The number of hydrogen-bond donors (Lipinski definition) is 3. The Balaban J connectivity index is 1.57. The lowest BCUT2D eigenvalue weighted by Gasteiger charge is -2.30. The third-order valence-electron chi connectivity index (χ3n) is 5.17. The molecule has 0 radical (unpaired) electrons. The minimum atomic E-state index is -0.423. The van der Waals surface area contributed by atoms with Gasteiger partial charge < -0.3 is 20.5 Å². The van der Waals surface area contributed by atoms with Gasteiger partial charge in [0, 0.05) is 42.3 Å². The molecule has 0 aliphatic rings. The van der Waals surface area contributed by atoms with Crippen molar-refractivity contribution in [1.82, 2.24) is 20.2 Å². The molecule has 1 unspecified atom stereocenters. The molecule has 29 heavy (non-hydrogen) atoms. The summed E-state index contributed by atoms with van der Waals surface area (Å²) in [5, 5.41) is 4.04. The molecule has 3 rings (SSSR count). The van der Waals surface area contributed by atoms with E-state index < -0.39 is 6.04 Å². The molecule has 4 N–H and O–H groups in total. The number of carbonyl (C=O) groups is 1. The molecule has 3 aromatic rings. The molecular weight excluding hydrogens is 366 g/mol. The van der Waals surface area contributed by atoms with E-state index in [2.05, 4.69) is 53.9 Å². The van der Waals surface area contributed by atoms with Crippen LogP contribution in [-0.2, 0) is 6.42 Å². The Bertz CT molecular complexity index is 935. The lowest BCUT2D eigenvalue weighted by molar-refractivity contribution is 0.0934. The molecule has 156 valence electrons.